The quantitative estimate of drug-likeness (QED) is 0.497. The Kier molecular flexibility index (Phi) is 4.84. The Morgan fingerprint density at radius 1 is 1.00 bits per heavy atom. The van der Waals surface area contributed by atoms with Crippen LogP contribution in [0.1, 0.15) is 66.7 Å². The Morgan fingerprint density at radius 2 is 1.72 bits per heavy atom. The van der Waals surface area contributed by atoms with Crippen molar-refractivity contribution in [2.75, 3.05) is 13.2 Å². The van der Waals surface area contributed by atoms with Gasteiger partial charge in [0.1, 0.15) is 6.10 Å². The Hall–Kier alpha value is -0.460. The van der Waals surface area contributed by atoms with Crippen molar-refractivity contribution in [3.63, 3.8) is 0 Å². The van der Waals surface area contributed by atoms with Gasteiger partial charge in [0.15, 0.2) is 6.29 Å². The molecule has 2 heterocycles. The summed E-state index contributed by atoms with van der Waals surface area (Å²) >= 11 is 0. The summed E-state index contributed by atoms with van der Waals surface area (Å²) in [5.74, 6) is 2.16. The summed E-state index contributed by atoms with van der Waals surface area (Å²) in [6.07, 6.45) is 6.68. The third kappa shape index (κ3) is 2.94. The van der Waals surface area contributed by atoms with Gasteiger partial charge in [-0.2, -0.15) is 0 Å². The minimum absolute atomic E-state index is 0.00236. The van der Waals surface area contributed by atoms with Gasteiger partial charge >= 0.3 is 0 Å². The molecule has 0 aromatic carbocycles. The van der Waals surface area contributed by atoms with Crippen LogP contribution in [0.3, 0.4) is 0 Å². The molecule has 3 saturated carbocycles. The number of aliphatic hydroxyl groups excluding tert-OH is 2. The molecule has 0 aromatic rings. The van der Waals surface area contributed by atoms with Crippen molar-refractivity contribution in [3.05, 3.63) is 11.6 Å². The average Bonchev–Trinajstić information content (AvgIpc) is 3.47. The van der Waals surface area contributed by atoms with E-state index in [9.17, 15) is 10.2 Å². The van der Waals surface area contributed by atoms with Crippen molar-refractivity contribution < 1.29 is 24.4 Å². The highest BCUT2D eigenvalue weighted by Gasteiger charge is 2.69. The molecule has 32 heavy (non-hydrogen) atoms. The van der Waals surface area contributed by atoms with Crippen LogP contribution in [0.15, 0.2) is 11.6 Å². The predicted molar refractivity (Wildman–Crippen MR) is 121 cm³/mol. The summed E-state index contributed by atoms with van der Waals surface area (Å²) in [5.41, 5.74) is 1.52. The smallest absolute Gasteiger partial charge is 0.160 e. The van der Waals surface area contributed by atoms with Crippen LogP contribution in [-0.2, 0) is 14.2 Å². The maximum absolute atomic E-state index is 11.4. The number of aliphatic hydroxyl groups is 2. The lowest BCUT2D eigenvalue weighted by Gasteiger charge is -2.58. The minimum Gasteiger partial charge on any atom is -0.390 e. The fourth-order valence-corrected chi connectivity index (χ4v) is 9.13. The van der Waals surface area contributed by atoms with Crippen LogP contribution in [0.2, 0.25) is 0 Å². The molecule has 5 fully saturated rings. The molecular weight excluding hydrogens is 404 g/mol. The lowest BCUT2D eigenvalue weighted by atomic mass is 9.46. The van der Waals surface area contributed by atoms with Gasteiger partial charge in [-0.3, -0.25) is 0 Å². The third-order valence-corrected chi connectivity index (χ3v) is 10.9. The number of fused-ring (bicyclic) bond motifs is 7. The van der Waals surface area contributed by atoms with Crippen LogP contribution in [0.5, 0.6) is 0 Å². The van der Waals surface area contributed by atoms with Gasteiger partial charge in [0.25, 0.3) is 0 Å². The molecular formula is C27H42O5. The van der Waals surface area contributed by atoms with E-state index >= 15 is 0 Å². The van der Waals surface area contributed by atoms with E-state index in [-0.39, 0.29) is 40.7 Å². The molecule has 2 saturated heterocycles. The first kappa shape index (κ1) is 22.0. The first-order valence-corrected chi connectivity index (χ1v) is 13.0. The van der Waals surface area contributed by atoms with Gasteiger partial charge in [0.2, 0.25) is 0 Å². The standard InChI is InChI=1S/C27H42O5/c1-14(24-30-12-25(2,3)13-31-24)16-6-7-17-21-18(8-9-26(16,17)4)27(5)15(10-19(21)28)11-20(29)22-23(27)32-22/h10,14,16-24,28-29H,6-9,11-13H2,1-5H3/t14?,16-,17+,18+,19?,20?,21+,22?,23?,26-,27+/m1/s1. The first-order valence-electron chi connectivity index (χ1n) is 13.0. The zero-order valence-electron chi connectivity index (χ0n) is 20.4. The zero-order chi connectivity index (χ0) is 22.6. The maximum atomic E-state index is 11.4. The van der Waals surface area contributed by atoms with E-state index in [2.05, 4.69) is 40.7 Å². The van der Waals surface area contributed by atoms with Gasteiger partial charge < -0.3 is 24.4 Å². The number of hydrogen-bond donors (Lipinski definition) is 2. The fourth-order valence-electron chi connectivity index (χ4n) is 9.13. The molecule has 0 aromatic heterocycles. The summed E-state index contributed by atoms with van der Waals surface area (Å²) in [6.45, 7) is 13.1. The second-order valence-electron chi connectivity index (χ2n) is 13.3. The van der Waals surface area contributed by atoms with Gasteiger partial charge in [-0.15, -0.1) is 0 Å². The summed E-state index contributed by atoms with van der Waals surface area (Å²) in [7, 11) is 0. The van der Waals surface area contributed by atoms with Crippen molar-refractivity contribution in [3.8, 4) is 0 Å². The van der Waals surface area contributed by atoms with Gasteiger partial charge in [-0.25, -0.2) is 0 Å². The largest absolute Gasteiger partial charge is 0.390 e. The molecule has 5 heteroatoms. The second-order valence-corrected chi connectivity index (χ2v) is 13.3. The minimum atomic E-state index is -0.410. The average molecular weight is 447 g/mol. The highest BCUT2D eigenvalue weighted by molar-refractivity contribution is 5.34. The maximum Gasteiger partial charge on any atom is 0.160 e. The SMILES string of the molecule is CC(C1OCC(C)(C)CO1)[C@H]1CC[C@H]2[C@@H]3C(O)C=C4CC(O)C5OC5[C@]4(C)[C@H]3CC[C@]12C. The summed E-state index contributed by atoms with van der Waals surface area (Å²) in [4.78, 5) is 0. The molecule has 2 aliphatic heterocycles. The number of hydrogen-bond acceptors (Lipinski definition) is 5. The number of rotatable bonds is 2. The van der Waals surface area contributed by atoms with Crippen molar-refractivity contribution in [2.45, 2.75) is 97.4 Å². The number of epoxide rings is 1. The second kappa shape index (κ2) is 7.04. The molecule has 0 spiro atoms. The van der Waals surface area contributed by atoms with Gasteiger partial charge in [0, 0.05) is 16.7 Å². The topological polar surface area (TPSA) is 71.5 Å². The van der Waals surface area contributed by atoms with Crippen LogP contribution in [0.25, 0.3) is 0 Å². The van der Waals surface area contributed by atoms with Crippen LogP contribution in [0.4, 0.5) is 0 Å². The molecule has 0 radical (unpaired) electrons. The third-order valence-electron chi connectivity index (χ3n) is 10.9. The first-order chi connectivity index (χ1) is 15.1. The normalized spacial score (nSPS) is 55.2. The molecule has 0 amide bonds. The van der Waals surface area contributed by atoms with Crippen LogP contribution >= 0.6 is 0 Å². The highest BCUT2D eigenvalue weighted by Crippen LogP contribution is 2.69. The zero-order valence-corrected chi connectivity index (χ0v) is 20.4. The molecule has 6 rings (SSSR count). The lowest BCUT2D eigenvalue weighted by Crippen LogP contribution is -2.57. The van der Waals surface area contributed by atoms with Crippen molar-refractivity contribution >= 4 is 0 Å². The van der Waals surface area contributed by atoms with Crippen molar-refractivity contribution in [1.82, 2.24) is 0 Å². The van der Waals surface area contributed by atoms with E-state index in [0.29, 0.717) is 30.1 Å². The molecule has 6 aliphatic rings. The van der Waals surface area contributed by atoms with Gasteiger partial charge in [-0.1, -0.05) is 46.3 Å². The van der Waals surface area contributed by atoms with Crippen LogP contribution < -0.4 is 0 Å². The fraction of sp³-hybridized carbons (Fsp3) is 0.926. The Morgan fingerprint density at radius 3 is 2.44 bits per heavy atom. The molecule has 0 bridgehead atoms. The van der Waals surface area contributed by atoms with Crippen molar-refractivity contribution in [2.24, 2.45) is 45.8 Å². The van der Waals surface area contributed by atoms with Crippen LogP contribution in [0, 0.1) is 45.8 Å². The van der Waals surface area contributed by atoms with Gasteiger partial charge in [0.05, 0.1) is 31.5 Å². The van der Waals surface area contributed by atoms with E-state index < -0.39 is 12.2 Å². The predicted octanol–water partition coefficient (Wildman–Crippen LogP) is 3.92. The van der Waals surface area contributed by atoms with E-state index in [1.807, 2.05) is 0 Å². The molecule has 2 N–H and O–H groups in total. The van der Waals surface area contributed by atoms with E-state index in [1.54, 1.807) is 0 Å². The molecule has 11 atom stereocenters. The molecule has 4 aliphatic carbocycles. The summed E-state index contributed by atoms with van der Waals surface area (Å²) < 4.78 is 18.5. The van der Waals surface area contributed by atoms with E-state index in [4.69, 9.17) is 14.2 Å². The van der Waals surface area contributed by atoms with E-state index in [1.165, 1.54) is 24.8 Å². The summed E-state index contributed by atoms with van der Waals surface area (Å²) in [5, 5.41) is 21.8. The Balaban J connectivity index is 1.26. The van der Waals surface area contributed by atoms with Crippen LogP contribution in [-0.4, -0.2) is 54.1 Å². The molecule has 5 unspecified atom stereocenters. The molecule has 5 nitrogen and oxygen atoms in total. The highest BCUT2D eigenvalue weighted by atomic mass is 16.7. The van der Waals surface area contributed by atoms with E-state index in [0.717, 1.165) is 19.6 Å². The Bertz CT molecular complexity index is 798. The number of ether oxygens (including phenoxy) is 3. The Labute approximate surface area is 192 Å². The lowest BCUT2D eigenvalue weighted by molar-refractivity contribution is -0.253. The van der Waals surface area contributed by atoms with Gasteiger partial charge in [-0.05, 0) is 61.2 Å². The summed E-state index contributed by atoms with van der Waals surface area (Å²) in [6, 6.07) is 0. The van der Waals surface area contributed by atoms with Crippen molar-refractivity contribution in [1.29, 1.82) is 0 Å². The monoisotopic (exact) mass is 446 g/mol. The molecule has 180 valence electrons.